The number of aromatic amines is 1. The van der Waals surface area contributed by atoms with Crippen LogP contribution in [0.2, 0.25) is 0 Å². The molecule has 2 aliphatic rings. The van der Waals surface area contributed by atoms with Crippen molar-refractivity contribution in [3.05, 3.63) is 70.4 Å². The van der Waals surface area contributed by atoms with Crippen molar-refractivity contribution in [2.75, 3.05) is 13.2 Å². The fraction of sp³-hybridized carbons (Fsp3) is 0.464. The summed E-state index contributed by atoms with van der Waals surface area (Å²) in [7, 11) is 0. The van der Waals surface area contributed by atoms with Crippen LogP contribution in [0.4, 0.5) is 0 Å². The van der Waals surface area contributed by atoms with E-state index in [1.807, 2.05) is 12.1 Å². The lowest BCUT2D eigenvalue weighted by Crippen LogP contribution is -2.39. The molecule has 1 aliphatic carbocycles. The second-order valence-electron chi connectivity index (χ2n) is 9.76. The molecule has 5 rings (SSSR count). The lowest BCUT2D eigenvalue weighted by molar-refractivity contribution is -0.0137. The van der Waals surface area contributed by atoms with Crippen LogP contribution in [0.25, 0.3) is 10.9 Å². The van der Waals surface area contributed by atoms with Gasteiger partial charge >= 0.3 is 5.97 Å². The van der Waals surface area contributed by atoms with Crippen LogP contribution in [-0.4, -0.2) is 40.2 Å². The van der Waals surface area contributed by atoms with E-state index in [2.05, 4.69) is 42.1 Å². The average Bonchev–Trinajstić information content (AvgIpc) is 3.48. The number of hydrogen-bond acceptors (Lipinski definition) is 3. The molecule has 0 bridgehead atoms. The van der Waals surface area contributed by atoms with Crippen molar-refractivity contribution >= 4 is 16.9 Å². The van der Waals surface area contributed by atoms with Crippen molar-refractivity contribution < 1.29 is 14.6 Å². The Morgan fingerprint density at radius 3 is 2.67 bits per heavy atom. The SMILES string of the molecule is CCO[C@H]1CCN(Cc2c(CC3CC3)cc(C)c3[nH]ccc23)[C@H](c2ccc(C(=O)O)cc2)C1. The Hall–Kier alpha value is -2.63. The number of carboxylic acids is 1. The molecule has 2 fully saturated rings. The predicted molar refractivity (Wildman–Crippen MR) is 131 cm³/mol. The van der Waals surface area contributed by atoms with Gasteiger partial charge in [0.1, 0.15) is 0 Å². The highest BCUT2D eigenvalue weighted by molar-refractivity contribution is 5.88. The third-order valence-electron chi connectivity index (χ3n) is 7.42. The van der Waals surface area contributed by atoms with E-state index < -0.39 is 5.97 Å². The summed E-state index contributed by atoms with van der Waals surface area (Å²) in [6.45, 7) is 6.86. The highest BCUT2D eigenvalue weighted by atomic mass is 16.5. The van der Waals surface area contributed by atoms with Crippen molar-refractivity contribution in [3.63, 3.8) is 0 Å². The van der Waals surface area contributed by atoms with E-state index in [1.54, 1.807) is 12.1 Å². The van der Waals surface area contributed by atoms with Crippen LogP contribution in [0.15, 0.2) is 42.6 Å². The molecule has 1 aromatic heterocycles. The summed E-state index contributed by atoms with van der Waals surface area (Å²) >= 11 is 0. The van der Waals surface area contributed by atoms with Crippen LogP contribution in [0.1, 0.15) is 71.3 Å². The van der Waals surface area contributed by atoms with Gasteiger partial charge in [-0.15, -0.1) is 0 Å². The van der Waals surface area contributed by atoms with E-state index in [0.717, 1.165) is 38.5 Å². The standard InChI is InChI=1S/C28H34N2O3/c1-3-33-23-11-13-30(26(16-23)20-6-8-21(9-7-20)28(31)32)17-25-22(15-19-4-5-19)14-18(2)27-24(25)10-12-29-27/h6-10,12,14,19,23,26,29H,3-5,11,13,15-17H2,1-2H3,(H,31,32)/t23-,26-/m0/s1. The number of likely N-dealkylation sites (tertiary alicyclic amines) is 1. The minimum absolute atomic E-state index is 0.210. The molecule has 1 aliphatic heterocycles. The maximum absolute atomic E-state index is 11.4. The van der Waals surface area contributed by atoms with Gasteiger partial charge in [0.2, 0.25) is 0 Å². The lowest BCUT2D eigenvalue weighted by atomic mass is 9.90. The van der Waals surface area contributed by atoms with E-state index >= 15 is 0 Å². The number of fused-ring (bicyclic) bond motifs is 1. The Morgan fingerprint density at radius 2 is 1.97 bits per heavy atom. The quantitative estimate of drug-likeness (QED) is 0.454. The minimum Gasteiger partial charge on any atom is -0.478 e. The highest BCUT2D eigenvalue weighted by Crippen LogP contribution is 2.39. The molecule has 1 saturated heterocycles. The second-order valence-corrected chi connectivity index (χ2v) is 9.76. The van der Waals surface area contributed by atoms with Gasteiger partial charge in [0.15, 0.2) is 0 Å². The molecule has 5 heteroatoms. The summed E-state index contributed by atoms with van der Waals surface area (Å²) < 4.78 is 6.03. The third-order valence-corrected chi connectivity index (χ3v) is 7.42. The summed E-state index contributed by atoms with van der Waals surface area (Å²) in [5.74, 6) is -0.0453. The molecule has 33 heavy (non-hydrogen) atoms. The molecule has 174 valence electrons. The van der Waals surface area contributed by atoms with E-state index in [9.17, 15) is 9.90 Å². The maximum atomic E-state index is 11.4. The van der Waals surface area contributed by atoms with Crippen LogP contribution in [-0.2, 0) is 17.7 Å². The van der Waals surface area contributed by atoms with Crippen molar-refractivity contribution in [1.29, 1.82) is 0 Å². The number of rotatable bonds is 8. The Labute approximate surface area is 195 Å². The summed E-state index contributed by atoms with van der Waals surface area (Å²) in [4.78, 5) is 17.4. The number of benzene rings is 2. The summed E-state index contributed by atoms with van der Waals surface area (Å²) in [5, 5.41) is 10.7. The third kappa shape index (κ3) is 4.71. The minimum atomic E-state index is -0.881. The zero-order chi connectivity index (χ0) is 22.9. The molecule has 2 heterocycles. The molecule has 2 aromatic carbocycles. The molecule has 5 nitrogen and oxygen atoms in total. The van der Waals surface area contributed by atoms with E-state index in [-0.39, 0.29) is 12.1 Å². The number of nitrogens with zero attached hydrogens (tertiary/aromatic N) is 1. The van der Waals surface area contributed by atoms with Gasteiger partial charge < -0.3 is 14.8 Å². The number of piperidine rings is 1. The zero-order valence-electron chi connectivity index (χ0n) is 19.6. The Balaban J connectivity index is 1.49. The van der Waals surface area contributed by atoms with Gasteiger partial charge in [0, 0.05) is 42.8 Å². The van der Waals surface area contributed by atoms with E-state index in [0.29, 0.717) is 5.56 Å². The highest BCUT2D eigenvalue weighted by Gasteiger charge is 2.32. The number of carbonyl (C=O) groups is 1. The van der Waals surface area contributed by atoms with Crippen LogP contribution < -0.4 is 0 Å². The largest absolute Gasteiger partial charge is 0.478 e. The number of aryl methyl sites for hydroxylation is 1. The first-order valence-electron chi connectivity index (χ1n) is 12.3. The van der Waals surface area contributed by atoms with E-state index in [4.69, 9.17) is 4.74 Å². The van der Waals surface area contributed by atoms with Crippen LogP contribution >= 0.6 is 0 Å². The fourth-order valence-electron chi connectivity index (χ4n) is 5.50. The second kappa shape index (κ2) is 9.32. The molecule has 3 aromatic rings. The van der Waals surface area contributed by atoms with Crippen LogP contribution in [0.5, 0.6) is 0 Å². The Morgan fingerprint density at radius 1 is 1.18 bits per heavy atom. The fourth-order valence-corrected chi connectivity index (χ4v) is 5.50. The molecule has 2 atom stereocenters. The molecule has 1 saturated carbocycles. The van der Waals surface area contributed by atoms with Gasteiger partial charge in [0.05, 0.1) is 11.7 Å². The first-order chi connectivity index (χ1) is 16.0. The van der Waals surface area contributed by atoms with Crippen LogP contribution in [0, 0.1) is 12.8 Å². The number of carboxylic acid groups (broad SMARTS) is 1. The monoisotopic (exact) mass is 446 g/mol. The summed E-state index contributed by atoms with van der Waals surface area (Å²) in [6.07, 6.45) is 8.13. The number of H-pyrrole nitrogens is 1. The number of nitrogens with one attached hydrogen (secondary N) is 1. The van der Waals surface area contributed by atoms with Gasteiger partial charge in [-0.1, -0.05) is 18.2 Å². The number of aromatic carboxylic acids is 1. The summed E-state index contributed by atoms with van der Waals surface area (Å²) in [6, 6.07) is 12.3. The van der Waals surface area contributed by atoms with E-state index in [1.165, 1.54) is 52.4 Å². The normalized spacial score (nSPS) is 21.5. The molecular weight excluding hydrogens is 412 g/mol. The van der Waals surface area contributed by atoms with Gasteiger partial charge in [-0.2, -0.15) is 0 Å². The van der Waals surface area contributed by atoms with Gasteiger partial charge in [-0.05, 0) is 92.3 Å². The van der Waals surface area contributed by atoms with Crippen LogP contribution in [0.3, 0.4) is 0 Å². The van der Waals surface area contributed by atoms with Crippen molar-refractivity contribution in [1.82, 2.24) is 9.88 Å². The number of aromatic nitrogens is 1. The molecule has 0 amide bonds. The summed E-state index contributed by atoms with van der Waals surface area (Å²) in [5.41, 5.74) is 7.02. The smallest absolute Gasteiger partial charge is 0.335 e. The zero-order valence-corrected chi connectivity index (χ0v) is 19.6. The van der Waals surface area contributed by atoms with Gasteiger partial charge in [-0.25, -0.2) is 4.79 Å². The first kappa shape index (κ1) is 22.2. The van der Waals surface area contributed by atoms with Gasteiger partial charge in [0.25, 0.3) is 0 Å². The Bertz CT molecular complexity index is 1130. The first-order valence-corrected chi connectivity index (χ1v) is 12.3. The molecule has 0 radical (unpaired) electrons. The Kier molecular flexibility index (Phi) is 6.26. The van der Waals surface area contributed by atoms with Crippen molar-refractivity contribution in [2.45, 2.75) is 64.6 Å². The topological polar surface area (TPSA) is 65.6 Å². The average molecular weight is 447 g/mol. The maximum Gasteiger partial charge on any atom is 0.335 e. The molecule has 0 unspecified atom stereocenters. The number of ether oxygens (including phenoxy) is 1. The number of hydrogen-bond donors (Lipinski definition) is 2. The predicted octanol–water partition coefficient (Wildman–Crippen LogP) is 5.87. The molecule has 0 spiro atoms. The van der Waals surface area contributed by atoms with Gasteiger partial charge in [-0.3, -0.25) is 4.90 Å². The molecule has 2 N–H and O–H groups in total. The lowest BCUT2D eigenvalue weighted by Gasteiger charge is -2.40. The molecular formula is C28H34N2O3. The van der Waals surface area contributed by atoms with Crippen molar-refractivity contribution in [3.8, 4) is 0 Å². The van der Waals surface area contributed by atoms with Crippen molar-refractivity contribution in [2.24, 2.45) is 5.92 Å².